The lowest BCUT2D eigenvalue weighted by Crippen LogP contribution is -2.48. The van der Waals surface area contributed by atoms with Gasteiger partial charge in [-0.05, 0) is 30.4 Å². The Morgan fingerprint density at radius 3 is 2.50 bits per heavy atom. The van der Waals surface area contributed by atoms with Gasteiger partial charge in [-0.1, -0.05) is 36.4 Å². The first kappa shape index (κ1) is 22.1. The van der Waals surface area contributed by atoms with E-state index in [9.17, 15) is 18.4 Å². The number of amides is 2. The molecule has 8 nitrogen and oxygen atoms in total. The standard InChI is InChI=1S/C24H24F2N6O2/c25-17-10-20(32(11-17)21(33)12-31-13-27-28-14-31)24(34)30-22(16-4-2-1-3-5-16)19-9-8-18(15-6-7-15)23(26)29-19/h1-5,8-9,13-15,17,20,22H,6-7,10-12H2,(H,30,34). The summed E-state index contributed by atoms with van der Waals surface area (Å²) in [5.41, 5.74) is 1.64. The van der Waals surface area contributed by atoms with Crippen molar-refractivity contribution in [3.05, 3.63) is 77.9 Å². The SMILES string of the molecule is O=C(NC(c1ccccc1)c1ccc(C2CC2)c(F)n1)C1CC(F)CN1C(=O)Cn1cnnc1. The van der Waals surface area contributed by atoms with E-state index in [0.717, 1.165) is 12.8 Å². The van der Waals surface area contributed by atoms with Crippen molar-refractivity contribution in [1.82, 2.24) is 30.0 Å². The number of pyridine rings is 1. The van der Waals surface area contributed by atoms with E-state index in [1.54, 1.807) is 24.3 Å². The lowest BCUT2D eigenvalue weighted by atomic mass is 10.0. The van der Waals surface area contributed by atoms with Crippen LogP contribution in [0.1, 0.15) is 48.0 Å². The van der Waals surface area contributed by atoms with E-state index in [4.69, 9.17) is 0 Å². The quantitative estimate of drug-likeness (QED) is 0.541. The number of aromatic nitrogens is 4. The molecule has 3 atom stereocenters. The normalized spacial score (nSPS) is 20.8. The van der Waals surface area contributed by atoms with Crippen molar-refractivity contribution >= 4 is 11.8 Å². The minimum absolute atomic E-state index is 0.0962. The van der Waals surface area contributed by atoms with E-state index in [-0.39, 0.29) is 25.4 Å². The van der Waals surface area contributed by atoms with E-state index < -0.39 is 36.0 Å². The van der Waals surface area contributed by atoms with Gasteiger partial charge >= 0.3 is 0 Å². The fourth-order valence-corrected chi connectivity index (χ4v) is 4.39. The molecular weight excluding hydrogens is 442 g/mol. The van der Waals surface area contributed by atoms with Crippen LogP contribution in [0.4, 0.5) is 8.78 Å². The lowest BCUT2D eigenvalue weighted by molar-refractivity contribution is -0.139. The number of rotatable bonds is 7. The highest BCUT2D eigenvalue weighted by Crippen LogP contribution is 2.41. The molecule has 5 rings (SSSR count). The Hall–Kier alpha value is -3.69. The second-order valence-corrected chi connectivity index (χ2v) is 8.77. The summed E-state index contributed by atoms with van der Waals surface area (Å²) in [6.45, 7) is -0.265. The van der Waals surface area contributed by atoms with Gasteiger partial charge in [0.1, 0.15) is 31.4 Å². The Labute approximate surface area is 195 Å². The highest BCUT2D eigenvalue weighted by atomic mass is 19.1. The maximum Gasteiger partial charge on any atom is 0.243 e. The molecule has 3 unspecified atom stereocenters. The molecule has 1 N–H and O–H groups in total. The van der Waals surface area contributed by atoms with E-state index in [0.29, 0.717) is 16.8 Å². The number of hydrogen-bond donors (Lipinski definition) is 1. The third-order valence-corrected chi connectivity index (χ3v) is 6.29. The first-order chi connectivity index (χ1) is 16.5. The van der Waals surface area contributed by atoms with Gasteiger partial charge in [0.25, 0.3) is 0 Å². The van der Waals surface area contributed by atoms with Crippen LogP contribution in [0.25, 0.3) is 0 Å². The summed E-state index contributed by atoms with van der Waals surface area (Å²) in [6.07, 6.45) is 3.23. The molecule has 1 saturated heterocycles. The van der Waals surface area contributed by atoms with E-state index >= 15 is 0 Å². The number of likely N-dealkylation sites (tertiary alicyclic amines) is 1. The molecule has 3 aromatic rings. The van der Waals surface area contributed by atoms with Gasteiger partial charge in [-0.2, -0.15) is 4.39 Å². The molecule has 0 spiro atoms. The summed E-state index contributed by atoms with van der Waals surface area (Å²) in [6, 6.07) is 10.8. The van der Waals surface area contributed by atoms with Crippen molar-refractivity contribution in [3.63, 3.8) is 0 Å². The molecule has 1 aromatic carbocycles. The predicted molar refractivity (Wildman–Crippen MR) is 118 cm³/mol. The van der Waals surface area contributed by atoms with Crippen LogP contribution in [-0.2, 0) is 16.1 Å². The molecule has 34 heavy (non-hydrogen) atoms. The first-order valence-electron chi connectivity index (χ1n) is 11.3. The molecular formula is C24H24F2N6O2. The average molecular weight is 466 g/mol. The third-order valence-electron chi connectivity index (χ3n) is 6.29. The zero-order chi connectivity index (χ0) is 23.7. The van der Waals surface area contributed by atoms with Crippen LogP contribution in [0.3, 0.4) is 0 Å². The summed E-state index contributed by atoms with van der Waals surface area (Å²) < 4.78 is 30.5. The number of hydrogen-bond acceptors (Lipinski definition) is 5. The van der Waals surface area contributed by atoms with Crippen LogP contribution in [0.2, 0.25) is 0 Å². The zero-order valence-corrected chi connectivity index (χ0v) is 18.3. The summed E-state index contributed by atoms with van der Waals surface area (Å²) in [5.74, 6) is -1.25. The Morgan fingerprint density at radius 2 is 1.82 bits per heavy atom. The summed E-state index contributed by atoms with van der Waals surface area (Å²) in [4.78, 5) is 31.5. The topological polar surface area (TPSA) is 93.0 Å². The monoisotopic (exact) mass is 466 g/mol. The molecule has 0 radical (unpaired) electrons. The summed E-state index contributed by atoms with van der Waals surface area (Å²) >= 11 is 0. The molecule has 0 bridgehead atoms. The van der Waals surface area contributed by atoms with Gasteiger partial charge in [0, 0.05) is 12.0 Å². The number of benzene rings is 1. The number of nitrogens with zero attached hydrogens (tertiary/aromatic N) is 5. The first-order valence-corrected chi connectivity index (χ1v) is 11.3. The second kappa shape index (κ2) is 9.28. The number of alkyl halides is 1. The fraction of sp³-hybridized carbons (Fsp3) is 0.375. The molecule has 2 aliphatic rings. The minimum Gasteiger partial charge on any atom is -0.342 e. The van der Waals surface area contributed by atoms with Gasteiger partial charge in [0.15, 0.2) is 0 Å². The van der Waals surface area contributed by atoms with Crippen molar-refractivity contribution in [2.24, 2.45) is 0 Å². The smallest absolute Gasteiger partial charge is 0.243 e. The van der Waals surface area contributed by atoms with Gasteiger partial charge in [-0.3, -0.25) is 9.59 Å². The third kappa shape index (κ3) is 4.66. The van der Waals surface area contributed by atoms with Crippen molar-refractivity contribution in [2.45, 2.75) is 50.0 Å². The molecule has 1 aliphatic heterocycles. The molecule has 2 fully saturated rings. The van der Waals surface area contributed by atoms with E-state index in [1.807, 2.05) is 18.2 Å². The van der Waals surface area contributed by atoms with Crippen molar-refractivity contribution in [2.75, 3.05) is 6.54 Å². The zero-order valence-electron chi connectivity index (χ0n) is 18.3. The van der Waals surface area contributed by atoms with Gasteiger partial charge < -0.3 is 14.8 Å². The van der Waals surface area contributed by atoms with Gasteiger partial charge in [-0.25, -0.2) is 9.37 Å². The number of nitrogens with one attached hydrogen (secondary N) is 1. The van der Waals surface area contributed by atoms with Gasteiger partial charge in [-0.15, -0.1) is 10.2 Å². The summed E-state index contributed by atoms with van der Waals surface area (Å²) in [5, 5.41) is 10.2. The number of carbonyl (C=O) groups is 2. The van der Waals surface area contributed by atoms with Crippen LogP contribution in [0.5, 0.6) is 0 Å². The maximum atomic E-state index is 14.7. The number of carbonyl (C=O) groups excluding carboxylic acids is 2. The highest BCUT2D eigenvalue weighted by Gasteiger charge is 2.40. The summed E-state index contributed by atoms with van der Waals surface area (Å²) in [7, 11) is 0. The fourth-order valence-electron chi connectivity index (χ4n) is 4.39. The molecule has 3 heterocycles. The van der Waals surface area contributed by atoms with Crippen LogP contribution >= 0.6 is 0 Å². The molecule has 176 valence electrons. The molecule has 2 amide bonds. The van der Waals surface area contributed by atoms with Crippen LogP contribution in [0, 0.1) is 5.95 Å². The molecule has 10 heteroatoms. The number of halogens is 2. The molecule has 1 aliphatic carbocycles. The molecule has 2 aromatic heterocycles. The maximum absolute atomic E-state index is 14.7. The lowest BCUT2D eigenvalue weighted by Gasteiger charge is -2.26. The average Bonchev–Trinajstić information content (AvgIpc) is 3.40. The Kier molecular flexibility index (Phi) is 6.04. The van der Waals surface area contributed by atoms with E-state index in [2.05, 4.69) is 20.5 Å². The second-order valence-electron chi connectivity index (χ2n) is 8.77. The highest BCUT2D eigenvalue weighted by molar-refractivity contribution is 5.88. The van der Waals surface area contributed by atoms with Crippen LogP contribution in [-0.4, -0.2) is 55.2 Å². The Bertz CT molecular complexity index is 1170. The largest absolute Gasteiger partial charge is 0.342 e. The van der Waals surface area contributed by atoms with Crippen LogP contribution in [0.15, 0.2) is 55.1 Å². The van der Waals surface area contributed by atoms with Gasteiger partial charge in [0.05, 0.1) is 18.3 Å². The van der Waals surface area contributed by atoms with Crippen LogP contribution < -0.4 is 5.32 Å². The Morgan fingerprint density at radius 1 is 1.09 bits per heavy atom. The Balaban J connectivity index is 1.38. The minimum atomic E-state index is -1.32. The van der Waals surface area contributed by atoms with Crippen molar-refractivity contribution < 1.29 is 18.4 Å². The van der Waals surface area contributed by atoms with Crippen molar-refractivity contribution in [3.8, 4) is 0 Å². The van der Waals surface area contributed by atoms with Gasteiger partial charge in [0.2, 0.25) is 17.8 Å². The predicted octanol–water partition coefficient (Wildman–Crippen LogP) is 2.53. The van der Waals surface area contributed by atoms with Crippen molar-refractivity contribution in [1.29, 1.82) is 0 Å². The molecule has 1 saturated carbocycles. The van der Waals surface area contributed by atoms with E-state index in [1.165, 1.54) is 22.1 Å².